The van der Waals surface area contributed by atoms with Crippen molar-refractivity contribution in [3.8, 4) is 10.8 Å². The first-order valence-corrected chi connectivity index (χ1v) is 10.6. The van der Waals surface area contributed by atoms with Gasteiger partial charge in [-0.1, -0.05) is 29.8 Å². The summed E-state index contributed by atoms with van der Waals surface area (Å²) in [5.74, 6) is -0.319. The third-order valence-electron chi connectivity index (χ3n) is 4.84. The fourth-order valence-corrected chi connectivity index (χ4v) is 4.14. The zero-order valence-electron chi connectivity index (χ0n) is 16.0. The highest BCUT2D eigenvalue weighted by Gasteiger charge is 2.35. The van der Waals surface area contributed by atoms with Crippen molar-refractivity contribution in [1.29, 1.82) is 0 Å². The van der Waals surface area contributed by atoms with E-state index >= 15 is 0 Å². The maximum Gasteiger partial charge on any atom is 0.437 e. The summed E-state index contributed by atoms with van der Waals surface area (Å²) in [6.07, 6.45) is 2.02. The molecule has 156 valence electrons. The Labute approximate surface area is 185 Å². The Kier molecular flexibility index (Phi) is 5.05. The Hall–Kier alpha value is -3.43. The van der Waals surface area contributed by atoms with E-state index in [1.54, 1.807) is 36.6 Å². The molecule has 1 amide bonds. The van der Waals surface area contributed by atoms with Gasteiger partial charge in [0.25, 0.3) is 11.8 Å². The minimum Gasteiger partial charge on any atom is -0.467 e. The van der Waals surface area contributed by atoms with Gasteiger partial charge in [0.1, 0.15) is 18.3 Å². The van der Waals surface area contributed by atoms with E-state index < -0.39 is 17.7 Å². The van der Waals surface area contributed by atoms with E-state index in [0.717, 1.165) is 16.0 Å². The number of carbonyl (C=O) groups is 1. The molecule has 8 nitrogen and oxygen atoms in total. The highest BCUT2D eigenvalue weighted by atomic mass is 35.5. The third kappa shape index (κ3) is 3.85. The molecule has 5 rings (SSSR count). The lowest BCUT2D eigenvalue weighted by Crippen LogP contribution is -2.33. The van der Waals surface area contributed by atoms with Crippen LogP contribution in [0, 0.1) is 0 Å². The van der Waals surface area contributed by atoms with Gasteiger partial charge in [-0.05, 0) is 41.3 Å². The molecular weight excluding hydrogens is 440 g/mol. The van der Waals surface area contributed by atoms with Crippen molar-refractivity contribution < 1.29 is 13.6 Å². The normalized spacial score (nSPS) is 16.0. The molecule has 1 aliphatic heterocycles. The van der Waals surface area contributed by atoms with Crippen molar-refractivity contribution in [2.45, 2.75) is 19.0 Å². The van der Waals surface area contributed by atoms with Gasteiger partial charge < -0.3 is 8.83 Å². The van der Waals surface area contributed by atoms with E-state index in [0.29, 0.717) is 22.1 Å². The highest BCUT2D eigenvalue weighted by Crippen LogP contribution is 2.33. The number of hydrogen-bond donors (Lipinski definition) is 0. The molecule has 3 aromatic heterocycles. The standard InChI is InChI=1S/C21H15ClN4O4S/c22-14-7-5-13(6-8-14)15-11-16(17-3-1-9-29-17)26(23-15)19(27)12-25-21(28)30-20(24-25)18-4-2-10-31-18/h1-10,16H,11-12H2/t16-/m1/s1. The van der Waals surface area contributed by atoms with Crippen LogP contribution in [-0.4, -0.2) is 26.4 Å². The molecule has 0 N–H and O–H groups in total. The zero-order chi connectivity index (χ0) is 21.4. The quantitative estimate of drug-likeness (QED) is 0.450. The molecular formula is C21H15ClN4O4S. The molecule has 0 spiro atoms. The lowest BCUT2D eigenvalue weighted by molar-refractivity contribution is -0.134. The van der Waals surface area contributed by atoms with Crippen molar-refractivity contribution in [2.75, 3.05) is 0 Å². The van der Waals surface area contributed by atoms with Gasteiger partial charge in [-0.3, -0.25) is 4.79 Å². The van der Waals surface area contributed by atoms with Gasteiger partial charge in [0.05, 0.1) is 16.9 Å². The molecule has 10 heteroatoms. The second-order valence-electron chi connectivity index (χ2n) is 6.84. The fraction of sp³-hybridized carbons (Fsp3) is 0.143. The molecule has 0 radical (unpaired) electrons. The zero-order valence-corrected chi connectivity index (χ0v) is 17.5. The van der Waals surface area contributed by atoms with Crippen molar-refractivity contribution in [2.24, 2.45) is 5.10 Å². The molecule has 1 atom stereocenters. The first-order chi connectivity index (χ1) is 15.1. The Morgan fingerprint density at radius 2 is 2.03 bits per heavy atom. The number of hydrazone groups is 1. The molecule has 0 saturated heterocycles. The lowest BCUT2D eigenvalue weighted by atomic mass is 10.0. The number of aromatic nitrogens is 2. The number of benzene rings is 1. The molecule has 31 heavy (non-hydrogen) atoms. The molecule has 0 saturated carbocycles. The molecule has 4 heterocycles. The summed E-state index contributed by atoms with van der Waals surface area (Å²) in [6.45, 7) is -0.303. The maximum atomic E-state index is 13.1. The van der Waals surface area contributed by atoms with Gasteiger partial charge in [0.15, 0.2) is 0 Å². The van der Waals surface area contributed by atoms with Gasteiger partial charge in [-0.2, -0.15) is 9.78 Å². The minimum atomic E-state index is -0.701. The van der Waals surface area contributed by atoms with Crippen molar-refractivity contribution in [3.05, 3.63) is 87.1 Å². The van der Waals surface area contributed by atoms with E-state index in [4.69, 9.17) is 20.4 Å². The summed E-state index contributed by atoms with van der Waals surface area (Å²) in [4.78, 5) is 26.0. The van der Waals surface area contributed by atoms with Crippen molar-refractivity contribution in [3.63, 3.8) is 0 Å². The molecule has 1 aromatic carbocycles. The van der Waals surface area contributed by atoms with Gasteiger partial charge in [-0.15, -0.1) is 16.4 Å². The van der Waals surface area contributed by atoms with Crippen LogP contribution >= 0.6 is 22.9 Å². The predicted octanol–water partition coefficient (Wildman–Crippen LogP) is 4.19. The Bertz CT molecular complexity index is 1290. The van der Waals surface area contributed by atoms with Gasteiger partial charge in [-0.25, -0.2) is 9.80 Å². The molecule has 0 aliphatic carbocycles. The molecule has 1 aliphatic rings. The van der Waals surface area contributed by atoms with Crippen LogP contribution < -0.4 is 5.76 Å². The maximum absolute atomic E-state index is 13.1. The number of carbonyl (C=O) groups excluding carboxylic acids is 1. The SMILES string of the molecule is O=C(Cn1nc(-c2cccs2)oc1=O)N1N=C(c2ccc(Cl)cc2)C[C@@H]1c1ccco1. The largest absolute Gasteiger partial charge is 0.467 e. The van der Waals surface area contributed by atoms with E-state index in [1.165, 1.54) is 16.3 Å². The summed E-state index contributed by atoms with van der Waals surface area (Å²) in [5, 5.41) is 12.5. The van der Waals surface area contributed by atoms with Crippen LogP contribution in [0.4, 0.5) is 0 Å². The first-order valence-electron chi connectivity index (χ1n) is 9.39. The van der Waals surface area contributed by atoms with Crippen LogP contribution in [0.5, 0.6) is 0 Å². The van der Waals surface area contributed by atoms with Gasteiger partial charge in [0, 0.05) is 11.4 Å². The number of thiophene rings is 1. The smallest absolute Gasteiger partial charge is 0.437 e. The van der Waals surface area contributed by atoms with Crippen LogP contribution in [-0.2, 0) is 11.3 Å². The summed E-state index contributed by atoms with van der Waals surface area (Å²) in [6, 6.07) is 14.0. The van der Waals surface area contributed by atoms with Crippen molar-refractivity contribution in [1.82, 2.24) is 14.8 Å². The highest BCUT2D eigenvalue weighted by molar-refractivity contribution is 7.13. The Morgan fingerprint density at radius 1 is 1.19 bits per heavy atom. The van der Waals surface area contributed by atoms with Crippen LogP contribution in [0.1, 0.15) is 23.8 Å². The Balaban J connectivity index is 1.43. The van der Waals surface area contributed by atoms with Crippen LogP contribution in [0.15, 0.2) is 78.9 Å². The third-order valence-corrected chi connectivity index (χ3v) is 5.95. The number of halogens is 1. The molecule has 0 fully saturated rings. The van der Waals surface area contributed by atoms with Gasteiger partial charge >= 0.3 is 5.76 Å². The second-order valence-corrected chi connectivity index (χ2v) is 8.22. The number of hydrogen-bond acceptors (Lipinski definition) is 7. The predicted molar refractivity (Wildman–Crippen MR) is 115 cm³/mol. The van der Waals surface area contributed by atoms with Crippen molar-refractivity contribution >= 4 is 34.6 Å². The fourth-order valence-electron chi connectivity index (χ4n) is 3.37. The van der Waals surface area contributed by atoms with E-state index in [2.05, 4.69) is 10.2 Å². The number of nitrogens with zero attached hydrogens (tertiary/aromatic N) is 4. The van der Waals surface area contributed by atoms with E-state index in [1.807, 2.05) is 23.6 Å². The summed E-state index contributed by atoms with van der Waals surface area (Å²) in [7, 11) is 0. The lowest BCUT2D eigenvalue weighted by Gasteiger charge is -2.19. The van der Waals surface area contributed by atoms with Crippen LogP contribution in [0.2, 0.25) is 5.02 Å². The summed E-state index contributed by atoms with van der Waals surface area (Å²) < 4.78 is 11.7. The van der Waals surface area contributed by atoms with Crippen LogP contribution in [0.3, 0.4) is 0 Å². The molecule has 0 bridgehead atoms. The molecule has 4 aromatic rings. The minimum absolute atomic E-state index is 0.183. The van der Waals surface area contributed by atoms with Crippen LogP contribution in [0.25, 0.3) is 10.8 Å². The number of amides is 1. The average molecular weight is 455 g/mol. The Morgan fingerprint density at radius 3 is 2.74 bits per heavy atom. The van der Waals surface area contributed by atoms with E-state index in [-0.39, 0.29) is 12.4 Å². The molecule has 0 unspecified atom stereocenters. The average Bonchev–Trinajstić information content (AvgIpc) is 3.55. The number of rotatable bonds is 5. The summed E-state index contributed by atoms with van der Waals surface area (Å²) >= 11 is 7.38. The van der Waals surface area contributed by atoms with Gasteiger partial charge in [0.2, 0.25) is 0 Å². The van der Waals surface area contributed by atoms with E-state index in [9.17, 15) is 9.59 Å². The first kappa shape index (κ1) is 19.5. The second kappa shape index (κ2) is 8.01. The topological polar surface area (TPSA) is 93.8 Å². The monoisotopic (exact) mass is 454 g/mol. The summed E-state index contributed by atoms with van der Waals surface area (Å²) in [5.41, 5.74) is 1.58. The number of furan rings is 1.